The molecule has 0 radical (unpaired) electrons. The molecule has 0 unspecified atom stereocenters. The average molecular weight is 357 g/mol. The standard InChI is InChI=1S/C19H27N5O2/c1-19(2,3)17-15(13-23(4)22-17)18(25)21-16-7-5-6-14(20-16)12-24-8-10-26-11-9-24/h5-7,13H,8-12H2,1-4H3,(H,20,21,25). The van der Waals surface area contributed by atoms with E-state index in [0.717, 1.165) is 44.2 Å². The van der Waals surface area contributed by atoms with Crippen LogP contribution in [0.25, 0.3) is 0 Å². The van der Waals surface area contributed by atoms with Gasteiger partial charge < -0.3 is 10.1 Å². The molecule has 1 saturated heterocycles. The molecular weight excluding hydrogens is 330 g/mol. The highest BCUT2D eigenvalue weighted by Crippen LogP contribution is 2.24. The minimum atomic E-state index is -0.209. The number of hydrogen-bond acceptors (Lipinski definition) is 5. The molecule has 1 fully saturated rings. The van der Waals surface area contributed by atoms with Gasteiger partial charge in [-0.3, -0.25) is 14.4 Å². The molecule has 26 heavy (non-hydrogen) atoms. The van der Waals surface area contributed by atoms with E-state index in [-0.39, 0.29) is 11.3 Å². The van der Waals surface area contributed by atoms with Gasteiger partial charge in [0.2, 0.25) is 0 Å². The molecular formula is C19H27N5O2. The molecule has 0 saturated carbocycles. The number of carbonyl (C=O) groups is 1. The van der Waals surface area contributed by atoms with Crippen molar-refractivity contribution in [1.29, 1.82) is 0 Å². The number of morpholine rings is 1. The third kappa shape index (κ3) is 4.47. The van der Waals surface area contributed by atoms with Crippen LogP contribution in [0.1, 0.15) is 42.5 Å². The Balaban J connectivity index is 1.73. The van der Waals surface area contributed by atoms with Gasteiger partial charge in [-0.1, -0.05) is 26.8 Å². The number of hydrogen-bond donors (Lipinski definition) is 1. The minimum Gasteiger partial charge on any atom is -0.379 e. The predicted octanol–water partition coefficient (Wildman–Crippen LogP) is 2.20. The van der Waals surface area contributed by atoms with Crippen molar-refractivity contribution in [3.8, 4) is 0 Å². The maximum absolute atomic E-state index is 12.8. The van der Waals surface area contributed by atoms with Crippen molar-refractivity contribution in [2.75, 3.05) is 31.6 Å². The van der Waals surface area contributed by atoms with Gasteiger partial charge in [0.15, 0.2) is 0 Å². The largest absolute Gasteiger partial charge is 0.379 e. The van der Waals surface area contributed by atoms with E-state index in [0.29, 0.717) is 11.4 Å². The number of nitrogens with zero attached hydrogens (tertiary/aromatic N) is 4. The van der Waals surface area contributed by atoms with Crippen LogP contribution < -0.4 is 5.32 Å². The van der Waals surface area contributed by atoms with Gasteiger partial charge in [-0.05, 0) is 12.1 Å². The molecule has 2 aromatic rings. The molecule has 1 N–H and O–H groups in total. The summed E-state index contributed by atoms with van der Waals surface area (Å²) in [7, 11) is 1.83. The van der Waals surface area contributed by atoms with Crippen LogP contribution in [0, 0.1) is 0 Å². The zero-order valence-electron chi connectivity index (χ0n) is 16.0. The van der Waals surface area contributed by atoms with Crippen molar-refractivity contribution >= 4 is 11.7 Å². The number of aryl methyl sites for hydroxylation is 1. The zero-order valence-corrected chi connectivity index (χ0v) is 16.0. The minimum absolute atomic E-state index is 0.181. The van der Waals surface area contributed by atoms with Gasteiger partial charge in [-0.25, -0.2) is 4.98 Å². The summed E-state index contributed by atoms with van der Waals surface area (Å²) in [5.74, 6) is 0.378. The summed E-state index contributed by atoms with van der Waals surface area (Å²) in [5, 5.41) is 7.37. The maximum Gasteiger partial charge on any atom is 0.260 e. The van der Waals surface area contributed by atoms with Gasteiger partial charge in [0.1, 0.15) is 5.82 Å². The molecule has 0 atom stereocenters. The molecule has 0 spiro atoms. The van der Waals surface area contributed by atoms with E-state index < -0.39 is 0 Å². The first-order valence-corrected chi connectivity index (χ1v) is 8.94. The predicted molar refractivity (Wildman–Crippen MR) is 100 cm³/mol. The summed E-state index contributed by atoms with van der Waals surface area (Å²) in [6.45, 7) is 10.2. The Morgan fingerprint density at radius 3 is 2.69 bits per heavy atom. The number of ether oxygens (including phenoxy) is 1. The van der Waals surface area contributed by atoms with Crippen molar-refractivity contribution < 1.29 is 9.53 Å². The fourth-order valence-corrected chi connectivity index (χ4v) is 3.02. The first kappa shape index (κ1) is 18.5. The molecule has 1 aliphatic rings. The number of aromatic nitrogens is 3. The lowest BCUT2D eigenvalue weighted by atomic mass is 9.89. The third-order valence-corrected chi connectivity index (χ3v) is 4.32. The Morgan fingerprint density at radius 1 is 1.27 bits per heavy atom. The van der Waals surface area contributed by atoms with Gasteiger partial charge >= 0.3 is 0 Å². The van der Waals surface area contributed by atoms with E-state index in [4.69, 9.17) is 4.74 Å². The first-order valence-electron chi connectivity index (χ1n) is 8.94. The van der Waals surface area contributed by atoms with Gasteiger partial charge in [-0.15, -0.1) is 0 Å². The van der Waals surface area contributed by atoms with E-state index in [2.05, 4.69) is 20.3 Å². The summed E-state index contributed by atoms with van der Waals surface area (Å²) in [4.78, 5) is 19.7. The van der Waals surface area contributed by atoms with E-state index in [1.807, 2.05) is 46.0 Å². The van der Waals surface area contributed by atoms with Gasteiger partial charge in [0.25, 0.3) is 5.91 Å². The fourth-order valence-electron chi connectivity index (χ4n) is 3.02. The van der Waals surface area contributed by atoms with E-state index >= 15 is 0 Å². The normalized spacial score (nSPS) is 15.8. The molecule has 1 aliphatic heterocycles. The van der Waals surface area contributed by atoms with Crippen LogP contribution in [0.2, 0.25) is 0 Å². The van der Waals surface area contributed by atoms with Crippen LogP contribution >= 0.6 is 0 Å². The molecule has 0 bridgehead atoms. The van der Waals surface area contributed by atoms with Gasteiger partial charge in [0.05, 0.1) is 30.2 Å². The van der Waals surface area contributed by atoms with Crippen molar-refractivity contribution in [3.05, 3.63) is 41.3 Å². The molecule has 2 aromatic heterocycles. The second kappa shape index (κ2) is 7.55. The molecule has 0 aliphatic carbocycles. The molecule has 7 nitrogen and oxygen atoms in total. The highest BCUT2D eigenvalue weighted by atomic mass is 16.5. The summed E-state index contributed by atoms with van der Waals surface area (Å²) in [6.07, 6.45) is 1.76. The molecule has 140 valence electrons. The highest BCUT2D eigenvalue weighted by molar-refractivity contribution is 6.04. The molecule has 0 aromatic carbocycles. The monoisotopic (exact) mass is 357 g/mol. The van der Waals surface area contributed by atoms with Gasteiger partial charge in [-0.2, -0.15) is 5.10 Å². The van der Waals surface area contributed by atoms with Crippen LogP contribution in [0.5, 0.6) is 0 Å². The first-order chi connectivity index (χ1) is 12.3. The summed E-state index contributed by atoms with van der Waals surface area (Å²) in [6, 6.07) is 5.72. The number of anilines is 1. The fraction of sp³-hybridized carbons (Fsp3) is 0.526. The summed E-state index contributed by atoms with van der Waals surface area (Å²) < 4.78 is 7.05. The van der Waals surface area contributed by atoms with Crippen LogP contribution in [0.15, 0.2) is 24.4 Å². The van der Waals surface area contributed by atoms with Crippen molar-refractivity contribution in [2.24, 2.45) is 7.05 Å². The Kier molecular flexibility index (Phi) is 5.38. The van der Waals surface area contributed by atoms with Crippen molar-refractivity contribution in [2.45, 2.75) is 32.7 Å². The summed E-state index contributed by atoms with van der Waals surface area (Å²) in [5.41, 5.74) is 2.09. The van der Waals surface area contributed by atoms with Crippen LogP contribution in [-0.4, -0.2) is 51.9 Å². The lowest BCUT2D eigenvalue weighted by Crippen LogP contribution is -2.35. The van der Waals surface area contributed by atoms with Gasteiger partial charge in [0, 0.05) is 38.3 Å². The quantitative estimate of drug-likeness (QED) is 0.908. The van der Waals surface area contributed by atoms with E-state index in [9.17, 15) is 4.79 Å². The lowest BCUT2D eigenvalue weighted by Gasteiger charge is -2.26. The number of rotatable bonds is 4. The molecule has 1 amide bonds. The second-order valence-corrected chi connectivity index (χ2v) is 7.67. The maximum atomic E-state index is 12.8. The number of amides is 1. The Bertz CT molecular complexity index is 772. The molecule has 7 heteroatoms. The zero-order chi connectivity index (χ0) is 18.7. The Labute approximate surface area is 154 Å². The SMILES string of the molecule is Cn1cc(C(=O)Nc2cccc(CN3CCOCC3)n2)c(C(C)(C)C)n1. The average Bonchev–Trinajstić information content (AvgIpc) is 2.99. The van der Waals surface area contributed by atoms with Crippen molar-refractivity contribution in [3.63, 3.8) is 0 Å². The number of nitrogens with one attached hydrogen (secondary N) is 1. The van der Waals surface area contributed by atoms with E-state index in [1.165, 1.54) is 0 Å². The topological polar surface area (TPSA) is 72.3 Å². The van der Waals surface area contributed by atoms with Crippen LogP contribution in [0.4, 0.5) is 5.82 Å². The van der Waals surface area contributed by atoms with Crippen LogP contribution in [-0.2, 0) is 23.7 Å². The lowest BCUT2D eigenvalue weighted by molar-refractivity contribution is 0.0337. The highest BCUT2D eigenvalue weighted by Gasteiger charge is 2.26. The Hall–Kier alpha value is -2.25. The van der Waals surface area contributed by atoms with Crippen molar-refractivity contribution in [1.82, 2.24) is 19.7 Å². The second-order valence-electron chi connectivity index (χ2n) is 7.67. The third-order valence-electron chi connectivity index (χ3n) is 4.32. The number of pyridine rings is 1. The summed E-state index contributed by atoms with van der Waals surface area (Å²) >= 11 is 0. The molecule has 3 heterocycles. The van der Waals surface area contributed by atoms with E-state index in [1.54, 1.807) is 10.9 Å². The number of carbonyl (C=O) groups excluding carboxylic acids is 1. The Morgan fingerprint density at radius 2 is 2.00 bits per heavy atom. The smallest absolute Gasteiger partial charge is 0.260 e. The van der Waals surface area contributed by atoms with Crippen LogP contribution in [0.3, 0.4) is 0 Å². The molecule has 3 rings (SSSR count).